The highest BCUT2D eigenvalue weighted by Gasteiger charge is 2.23. The van der Waals surface area contributed by atoms with Crippen molar-refractivity contribution in [2.75, 3.05) is 19.7 Å². The van der Waals surface area contributed by atoms with E-state index in [1.165, 1.54) is 16.8 Å². The van der Waals surface area contributed by atoms with Gasteiger partial charge in [0.25, 0.3) is 5.56 Å². The topological polar surface area (TPSA) is 39.4 Å². The quantitative estimate of drug-likeness (QED) is 0.463. The highest BCUT2D eigenvalue weighted by molar-refractivity contribution is 6.31. The summed E-state index contributed by atoms with van der Waals surface area (Å²) in [6, 6.07) is 13.3. The summed E-state index contributed by atoms with van der Waals surface area (Å²) in [6.45, 7) is 3.18. The van der Waals surface area contributed by atoms with Crippen molar-refractivity contribution in [2.45, 2.75) is 25.8 Å². The Kier molecular flexibility index (Phi) is 7.23. The smallest absolute Gasteiger partial charge is 0.290 e. The molecule has 0 N–H and O–H groups in total. The van der Waals surface area contributed by atoms with Crippen LogP contribution in [0.3, 0.4) is 0 Å². The average Bonchev–Trinajstić information content (AvgIpc) is 3.00. The van der Waals surface area contributed by atoms with Crippen molar-refractivity contribution in [2.24, 2.45) is 13.0 Å². The Labute approximate surface area is 196 Å². The minimum Gasteiger partial charge on any atom is -0.494 e. The fourth-order valence-electron chi connectivity index (χ4n) is 4.18. The number of benzene rings is 2. The van der Waals surface area contributed by atoms with Gasteiger partial charge in [-0.25, -0.2) is 9.07 Å². The first-order valence-corrected chi connectivity index (χ1v) is 11.5. The van der Waals surface area contributed by atoms with Gasteiger partial charge in [-0.15, -0.1) is 0 Å². The molecule has 170 valence electrons. The van der Waals surface area contributed by atoms with Gasteiger partial charge in [0.05, 0.1) is 18.0 Å². The molecule has 2 heterocycles. The number of hydrogen-bond acceptors (Lipinski definition) is 3. The van der Waals surface area contributed by atoms with Crippen molar-refractivity contribution in [1.82, 2.24) is 14.3 Å². The molecule has 32 heavy (non-hydrogen) atoms. The number of nitrogens with zero attached hydrogens (tertiary/aromatic N) is 3. The molecule has 1 saturated heterocycles. The molecule has 3 aromatic rings. The van der Waals surface area contributed by atoms with Gasteiger partial charge in [-0.2, -0.15) is 0 Å². The van der Waals surface area contributed by atoms with Crippen molar-refractivity contribution < 1.29 is 9.13 Å². The van der Waals surface area contributed by atoms with Gasteiger partial charge in [0.15, 0.2) is 0 Å². The predicted molar refractivity (Wildman–Crippen MR) is 126 cm³/mol. The van der Waals surface area contributed by atoms with Gasteiger partial charge in [-0.1, -0.05) is 23.2 Å². The van der Waals surface area contributed by atoms with E-state index in [1.54, 1.807) is 16.8 Å². The summed E-state index contributed by atoms with van der Waals surface area (Å²) < 4.78 is 22.3. The van der Waals surface area contributed by atoms with E-state index in [1.807, 2.05) is 31.3 Å². The molecule has 1 aliphatic rings. The highest BCUT2D eigenvalue weighted by Crippen LogP contribution is 2.25. The van der Waals surface area contributed by atoms with E-state index in [9.17, 15) is 9.18 Å². The second kappa shape index (κ2) is 10.1. The van der Waals surface area contributed by atoms with Crippen LogP contribution in [0.1, 0.15) is 25.0 Å². The molecule has 2 aromatic carbocycles. The fourth-order valence-corrected chi connectivity index (χ4v) is 4.57. The van der Waals surface area contributed by atoms with Crippen LogP contribution in [0, 0.1) is 11.7 Å². The SMILES string of the molecule is Cn1c(CN2CCC(CCOc3ccc(Cl)cc3)CC2)c(Cl)c(=O)n1-c1ccc(F)cc1. The minimum atomic E-state index is -0.344. The third kappa shape index (κ3) is 5.20. The zero-order chi connectivity index (χ0) is 22.7. The van der Waals surface area contributed by atoms with Crippen molar-refractivity contribution in [3.05, 3.63) is 80.4 Å². The van der Waals surface area contributed by atoms with Gasteiger partial charge in [-0.3, -0.25) is 14.4 Å². The first kappa shape index (κ1) is 22.9. The highest BCUT2D eigenvalue weighted by atomic mass is 35.5. The molecule has 0 radical (unpaired) electrons. The number of hydrogen-bond donors (Lipinski definition) is 0. The maximum Gasteiger partial charge on any atom is 0.290 e. The summed E-state index contributed by atoms with van der Waals surface area (Å²) in [4.78, 5) is 15.0. The fraction of sp³-hybridized carbons (Fsp3) is 0.375. The molecule has 0 amide bonds. The Hall–Kier alpha value is -2.28. The second-order valence-corrected chi connectivity index (χ2v) is 9.00. The van der Waals surface area contributed by atoms with E-state index in [-0.39, 0.29) is 16.4 Å². The van der Waals surface area contributed by atoms with E-state index < -0.39 is 0 Å². The van der Waals surface area contributed by atoms with Crippen molar-refractivity contribution in [3.63, 3.8) is 0 Å². The van der Waals surface area contributed by atoms with Gasteiger partial charge in [0, 0.05) is 18.6 Å². The van der Waals surface area contributed by atoms with Crippen LogP contribution >= 0.6 is 23.2 Å². The Morgan fingerprint density at radius 1 is 1.03 bits per heavy atom. The zero-order valence-corrected chi connectivity index (χ0v) is 19.4. The molecule has 1 fully saturated rings. The van der Waals surface area contributed by atoms with E-state index in [4.69, 9.17) is 27.9 Å². The van der Waals surface area contributed by atoms with Crippen LogP contribution in [0.2, 0.25) is 10.0 Å². The van der Waals surface area contributed by atoms with E-state index in [2.05, 4.69) is 4.90 Å². The third-order valence-corrected chi connectivity index (χ3v) is 6.72. The molecule has 1 aliphatic heterocycles. The van der Waals surface area contributed by atoms with Gasteiger partial charge in [0.2, 0.25) is 0 Å². The molecule has 4 rings (SSSR count). The van der Waals surface area contributed by atoms with E-state index in [0.717, 1.165) is 43.8 Å². The number of ether oxygens (including phenoxy) is 1. The molecule has 0 unspecified atom stereocenters. The maximum atomic E-state index is 13.3. The number of aromatic nitrogens is 2. The standard InChI is InChI=1S/C24H26Cl2FN3O2/c1-28-22(23(26)24(31)30(28)20-6-4-19(27)5-7-20)16-29-13-10-17(11-14-29)12-15-32-21-8-2-18(25)3-9-21/h2-9,17H,10-16H2,1H3. The first-order chi connectivity index (χ1) is 15.4. The average molecular weight is 478 g/mol. The van der Waals surface area contributed by atoms with Crippen molar-refractivity contribution in [1.29, 1.82) is 0 Å². The van der Waals surface area contributed by atoms with Crippen LogP contribution in [0.5, 0.6) is 5.75 Å². The minimum absolute atomic E-state index is 0.218. The lowest BCUT2D eigenvalue weighted by Crippen LogP contribution is -2.34. The van der Waals surface area contributed by atoms with Crippen LogP contribution in [0.25, 0.3) is 5.69 Å². The summed E-state index contributed by atoms with van der Waals surface area (Å²) >= 11 is 12.3. The third-order valence-electron chi connectivity index (χ3n) is 6.08. The molecule has 5 nitrogen and oxygen atoms in total. The normalized spacial score (nSPS) is 15.2. The maximum absolute atomic E-state index is 13.3. The lowest BCUT2D eigenvalue weighted by Gasteiger charge is -2.32. The van der Waals surface area contributed by atoms with Crippen LogP contribution in [-0.2, 0) is 13.6 Å². The van der Waals surface area contributed by atoms with E-state index in [0.29, 0.717) is 29.8 Å². The van der Waals surface area contributed by atoms with Crippen LogP contribution < -0.4 is 10.3 Å². The Morgan fingerprint density at radius 3 is 2.34 bits per heavy atom. The second-order valence-electron chi connectivity index (χ2n) is 8.19. The van der Waals surface area contributed by atoms with Gasteiger partial charge in [0.1, 0.15) is 16.6 Å². The molecule has 0 saturated carbocycles. The molecule has 1 aromatic heterocycles. The Bertz CT molecular complexity index is 1100. The van der Waals surface area contributed by atoms with Crippen molar-refractivity contribution in [3.8, 4) is 11.4 Å². The van der Waals surface area contributed by atoms with Crippen LogP contribution in [0.4, 0.5) is 4.39 Å². The summed E-state index contributed by atoms with van der Waals surface area (Å²) in [5, 5.41) is 0.922. The Balaban J connectivity index is 1.32. The van der Waals surface area contributed by atoms with E-state index >= 15 is 0 Å². The van der Waals surface area contributed by atoms with Crippen molar-refractivity contribution >= 4 is 23.2 Å². The van der Waals surface area contributed by atoms with Gasteiger partial charge >= 0.3 is 0 Å². The number of halogens is 3. The molecule has 0 aliphatic carbocycles. The summed E-state index contributed by atoms with van der Waals surface area (Å²) in [7, 11) is 1.81. The monoisotopic (exact) mass is 477 g/mol. The summed E-state index contributed by atoms with van der Waals surface area (Å²) in [6.07, 6.45) is 3.17. The molecule has 0 bridgehead atoms. The van der Waals surface area contributed by atoms with Gasteiger partial charge < -0.3 is 4.74 Å². The lowest BCUT2D eigenvalue weighted by atomic mass is 9.94. The molecular weight excluding hydrogens is 452 g/mol. The lowest BCUT2D eigenvalue weighted by molar-refractivity contribution is 0.155. The molecular formula is C24H26Cl2FN3O2. The van der Waals surface area contributed by atoms with Crippen LogP contribution in [0.15, 0.2) is 53.3 Å². The summed E-state index contributed by atoms with van der Waals surface area (Å²) in [5.41, 5.74) is 1.07. The number of likely N-dealkylation sites (tertiary alicyclic amines) is 1. The molecule has 8 heteroatoms. The largest absolute Gasteiger partial charge is 0.494 e. The predicted octanol–water partition coefficient (Wildman–Crippen LogP) is 5.30. The molecule has 0 atom stereocenters. The molecule has 0 spiro atoms. The number of rotatable bonds is 7. The van der Waals surface area contributed by atoms with Crippen LogP contribution in [-0.4, -0.2) is 34.0 Å². The van der Waals surface area contributed by atoms with Gasteiger partial charge in [-0.05, 0) is 86.8 Å². The zero-order valence-electron chi connectivity index (χ0n) is 17.9. The number of piperidine rings is 1. The first-order valence-electron chi connectivity index (χ1n) is 10.8. The Morgan fingerprint density at radius 2 is 1.69 bits per heavy atom. The summed E-state index contributed by atoms with van der Waals surface area (Å²) in [5.74, 6) is 1.11.